The van der Waals surface area contributed by atoms with Crippen molar-refractivity contribution in [3.63, 3.8) is 0 Å². The Bertz CT molecular complexity index is 566. The molecule has 0 saturated heterocycles. The molecule has 0 aliphatic heterocycles. The molecule has 2 aromatic rings. The molecule has 0 bridgehead atoms. The first-order valence-corrected chi connectivity index (χ1v) is 7.50. The highest BCUT2D eigenvalue weighted by Crippen LogP contribution is 2.23. The van der Waals surface area contributed by atoms with Gasteiger partial charge in [-0.25, -0.2) is 0 Å². The average molecular weight is 289 g/mol. The van der Waals surface area contributed by atoms with Gasteiger partial charge in [0, 0.05) is 28.4 Å². The summed E-state index contributed by atoms with van der Waals surface area (Å²) in [5, 5.41) is 6.31. The fourth-order valence-corrected chi connectivity index (χ4v) is 2.36. The Morgan fingerprint density at radius 1 is 1.25 bits per heavy atom. The summed E-state index contributed by atoms with van der Waals surface area (Å²) in [5.41, 5.74) is 3.62. The predicted octanol–water partition coefficient (Wildman–Crippen LogP) is 3.91. The van der Waals surface area contributed by atoms with E-state index in [2.05, 4.69) is 22.5 Å². The third-order valence-corrected chi connectivity index (χ3v) is 3.87. The topological polar surface area (TPSA) is 54.0 Å². The molecular formula is C15H19N3OS. The van der Waals surface area contributed by atoms with Gasteiger partial charge in [-0.2, -0.15) is 0 Å². The number of nitrogens with one attached hydrogen (secondary N) is 2. The van der Waals surface area contributed by atoms with Crippen molar-refractivity contribution in [3.05, 3.63) is 40.8 Å². The highest BCUT2D eigenvalue weighted by Gasteiger charge is 2.09. The molecule has 0 spiro atoms. The minimum atomic E-state index is -0.0252. The Balaban J connectivity index is 2.04. The van der Waals surface area contributed by atoms with Crippen LogP contribution in [0.1, 0.15) is 31.7 Å². The van der Waals surface area contributed by atoms with Crippen molar-refractivity contribution in [2.75, 3.05) is 10.6 Å². The van der Waals surface area contributed by atoms with Gasteiger partial charge < -0.3 is 10.6 Å². The maximum absolute atomic E-state index is 11.7. The second-order valence-electron chi connectivity index (χ2n) is 4.99. The number of nitrogens with zero attached hydrogens (tertiary/aromatic N) is 1. The van der Waals surface area contributed by atoms with Crippen LogP contribution < -0.4 is 10.6 Å². The Labute approximate surface area is 123 Å². The fourth-order valence-electron chi connectivity index (χ4n) is 1.73. The van der Waals surface area contributed by atoms with Crippen LogP contribution in [0.25, 0.3) is 0 Å². The number of amides is 1. The zero-order chi connectivity index (χ0) is 14.5. The summed E-state index contributed by atoms with van der Waals surface area (Å²) >= 11 is 1.63. The lowest BCUT2D eigenvalue weighted by Gasteiger charge is -2.15. The summed E-state index contributed by atoms with van der Waals surface area (Å²) in [4.78, 5) is 17.0. The molecule has 4 nitrogen and oxygen atoms in total. The van der Waals surface area contributed by atoms with Gasteiger partial charge in [-0.15, -0.1) is 11.3 Å². The number of rotatable bonds is 5. The van der Waals surface area contributed by atoms with Crippen molar-refractivity contribution >= 4 is 28.6 Å². The van der Waals surface area contributed by atoms with Crippen LogP contribution in [-0.2, 0) is 4.79 Å². The van der Waals surface area contributed by atoms with Crippen molar-refractivity contribution in [1.29, 1.82) is 0 Å². The molecule has 0 radical (unpaired) electrons. The normalized spacial score (nSPS) is 12.2. The quantitative estimate of drug-likeness (QED) is 0.877. The van der Waals surface area contributed by atoms with Crippen LogP contribution >= 0.6 is 11.3 Å². The number of hydrogen-bond acceptors (Lipinski definition) is 4. The van der Waals surface area contributed by atoms with Crippen LogP contribution in [0.3, 0.4) is 0 Å². The fraction of sp³-hybridized carbons (Fsp3) is 0.333. The minimum absolute atomic E-state index is 0.0252. The summed E-state index contributed by atoms with van der Waals surface area (Å²) in [5.74, 6) is 0.000359. The first-order chi connectivity index (χ1) is 9.56. The van der Waals surface area contributed by atoms with Crippen molar-refractivity contribution in [3.8, 4) is 0 Å². The van der Waals surface area contributed by atoms with Gasteiger partial charge in [-0.1, -0.05) is 19.9 Å². The van der Waals surface area contributed by atoms with Crippen molar-refractivity contribution in [2.24, 2.45) is 5.92 Å². The molecule has 20 heavy (non-hydrogen) atoms. The van der Waals surface area contributed by atoms with Gasteiger partial charge >= 0.3 is 0 Å². The number of carbonyl (C=O) groups excluding carboxylic acids is 1. The Morgan fingerprint density at radius 2 is 2.00 bits per heavy atom. The summed E-state index contributed by atoms with van der Waals surface area (Å²) in [6, 6.07) is 7.94. The third-order valence-electron chi connectivity index (χ3n) is 2.92. The summed E-state index contributed by atoms with van der Waals surface area (Å²) in [6.07, 6.45) is 1.87. The average Bonchev–Trinajstić information content (AvgIpc) is 2.92. The van der Waals surface area contributed by atoms with E-state index in [1.54, 1.807) is 11.3 Å². The molecule has 1 heterocycles. The van der Waals surface area contributed by atoms with E-state index in [0.29, 0.717) is 0 Å². The van der Waals surface area contributed by atoms with E-state index in [0.717, 1.165) is 11.4 Å². The van der Waals surface area contributed by atoms with Crippen LogP contribution in [0, 0.1) is 5.92 Å². The van der Waals surface area contributed by atoms with E-state index in [1.807, 2.05) is 49.8 Å². The zero-order valence-electron chi connectivity index (χ0n) is 11.9. The molecule has 1 unspecified atom stereocenters. The lowest BCUT2D eigenvalue weighted by Crippen LogP contribution is -2.17. The van der Waals surface area contributed by atoms with Crippen molar-refractivity contribution in [2.45, 2.75) is 26.8 Å². The van der Waals surface area contributed by atoms with E-state index in [-0.39, 0.29) is 17.9 Å². The maximum atomic E-state index is 11.7. The number of anilines is 2. The molecule has 1 aromatic heterocycles. The lowest BCUT2D eigenvalue weighted by molar-refractivity contribution is -0.118. The van der Waals surface area contributed by atoms with E-state index in [1.165, 1.54) is 4.88 Å². The molecule has 0 fully saturated rings. The standard InChI is InChI=1S/C15H19N3OS/c1-10(2)15(19)18-13-6-4-5-12(7-13)17-11(3)14-8-16-9-20-14/h4-11,17H,1-3H3,(H,18,19). The van der Waals surface area contributed by atoms with Gasteiger partial charge in [-0.05, 0) is 25.1 Å². The molecule has 5 heteroatoms. The van der Waals surface area contributed by atoms with Gasteiger partial charge in [0.1, 0.15) is 0 Å². The van der Waals surface area contributed by atoms with Gasteiger partial charge in [0.2, 0.25) is 5.91 Å². The van der Waals surface area contributed by atoms with E-state index in [4.69, 9.17) is 0 Å². The number of aromatic nitrogens is 1. The Kier molecular flexibility index (Phi) is 4.74. The molecule has 0 saturated carbocycles. The predicted molar refractivity (Wildman–Crippen MR) is 84.1 cm³/mol. The molecule has 0 aliphatic carbocycles. The van der Waals surface area contributed by atoms with Gasteiger partial charge in [0.05, 0.1) is 11.6 Å². The molecule has 2 rings (SSSR count). The number of hydrogen-bond donors (Lipinski definition) is 2. The molecule has 1 amide bonds. The van der Waals surface area contributed by atoms with Crippen LogP contribution in [0.2, 0.25) is 0 Å². The molecule has 1 atom stereocenters. The molecule has 0 aliphatic rings. The van der Waals surface area contributed by atoms with Crippen LogP contribution in [0.5, 0.6) is 0 Å². The monoisotopic (exact) mass is 289 g/mol. The highest BCUT2D eigenvalue weighted by molar-refractivity contribution is 7.09. The first-order valence-electron chi connectivity index (χ1n) is 6.62. The van der Waals surface area contributed by atoms with Gasteiger partial charge in [0.25, 0.3) is 0 Å². The lowest BCUT2D eigenvalue weighted by atomic mass is 10.2. The summed E-state index contributed by atoms with van der Waals surface area (Å²) < 4.78 is 0. The molecule has 2 N–H and O–H groups in total. The minimum Gasteiger partial charge on any atom is -0.378 e. The van der Waals surface area contributed by atoms with Gasteiger partial charge in [-0.3, -0.25) is 9.78 Å². The Morgan fingerprint density at radius 3 is 2.65 bits per heavy atom. The summed E-state index contributed by atoms with van der Waals surface area (Å²) in [6.45, 7) is 5.85. The van der Waals surface area contributed by atoms with Crippen molar-refractivity contribution in [1.82, 2.24) is 4.98 Å². The SMILES string of the molecule is CC(C)C(=O)Nc1cccc(NC(C)c2cncs2)c1. The second kappa shape index (κ2) is 6.52. The largest absolute Gasteiger partial charge is 0.378 e. The molecule has 106 valence electrons. The van der Waals surface area contributed by atoms with E-state index >= 15 is 0 Å². The molecular weight excluding hydrogens is 270 g/mol. The number of thiazole rings is 1. The van der Waals surface area contributed by atoms with Crippen molar-refractivity contribution < 1.29 is 4.79 Å². The smallest absolute Gasteiger partial charge is 0.226 e. The van der Waals surface area contributed by atoms with E-state index < -0.39 is 0 Å². The summed E-state index contributed by atoms with van der Waals surface area (Å²) in [7, 11) is 0. The first kappa shape index (κ1) is 14.5. The van der Waals surface area contributed by atoms with Crippen LogP contribution in [0.15, 0.2) is 36.0 Å². The maximum Gasteiger partial charge on any atom is 0.226 e. The van der Waals surface area contributed by atoms with E-state index in [9.17, 15) is 4.79 Å². The van der Waals surface area contributed by atoms with Gasteiger partial charge in [0.15, 0.2) is 0 Å². The Hall–Kier alpha value is -1.88. The zero-order valence-corrected chi connectivity index (χ0v) is 12.7. The third kappa shape index (κ3) is 3.81. The highest BCUT2D eigenvalue weighted by atomic mass is 32.1. The van der Waals surface area contributed by atoms with Crippen LogP contribution in [0.4, 0.5) is 11.4 Å². The number of benzene rings is 1. The van der Waals surface area contributed by atoms with Crippen LogP contribution in [-0.4, -0.2) is 10.9 Å². The molecule has 1 aromatic carbocycles. The number of carbonyl (C=O) groups is 1. The second-order valence-corrected chi connectivity index (χ2v) is 5.91.